The van der Waals surface area contributed by atoms with Crippen LogP contribution >= 0.6 is 0 Å². The molecule has 4 fully saturated rings. The Hall–Kier alpha value is -1.29. The average molecular weight is 369 g/mol. The second kappa shape index (κ2) is 7.62. The lowest BCUT2D eigenvalue weighted by Gasteiger charge is -2.50. The van der Waals surface area contributed by atoms with Gasteiger partial charge in [-0.2, -0.15) is 0 Å². The second-order valence-electron chi connectivity index (χ2n) is 9.53. The molecule has 0 N–H and O–H groups in total. The van der Waals surface area contributed by atoms with Gasteiger partial charge in [-0.05, 0) is 88.4 Å². The van der Waals surface area contributed by atoms with Gasteiger partial charge in [0.1, 0.15) is 5.82 Å². The number of hydrogen-bond acceptors (Lipinski definition) is 4. The van der Waals surface area contributed by atoms with Crippen molar-refractivity contribution in [2.75, 3.05) is 49.1 Å². The summed E-state index contributed by atoms with van der Waals surface area (Å²) in [6.07, 6.45) is 16.1. The molecule has 0 atom stereocenters. The molecule has 4 nitrogen and oxygen atoms in total. The number of piperidine rings is 3. The van der Waals surface area contributed by atoms with Gasteiger partial charge >= 0.3 is 0 Å². The third-order valence-electron chi connectivity index (χ3n) is 8.05. The summed E-state index contributed by atoms with van der Waals surface area (Å²) in [7, 11) is 0. The quantitative estimate of drug-likeness (QED) is 0.793. The van der Waals surface area contributed by atoms with E-state index in [1.165, 1.54) is 115 Å². The van der Waals surface area contributed by atoms with Crippen molar-refractivity contribution >= 4 is 11.5 Å². The van der Waals surface area contributed by atoms with E-state index in [1.54, 1.807) is 0 Å². The van der Waals surface area contributed by atoms with Crippen LogP contribution in [0, 0.1) is 5.41 Å². The summed E-state index contributed by atoms with van der Waals surface area (Å²) in [4.78, 5) is 12.7. The zero-order valence-electron chi connectivity index (χ0n) is 16.9. The fourth-order valence-corrected chi connectivity index (χ4v) is 5.73. The van der Waals surface area contributed by atoms with Gasteiger partial charge in [-0.15, -0.1) is 0 Å². The molecule has 1 saturated carbocycles. The molecule has 0 amide bonds. The number of likely N-dealkylation sites (tertiary alicyclic amines) is 1. The number of rotatable bonds is 3. The summed E-state index contributed by atoms with van der Waals surface area (Å²) in [5, 5.41) is 0. The zero-order valence-corrected chi connectivity index (χ0v) is 16.9. The standard InChI is InChI=1S/C23H36N4/c1-2-13-25(14-3-1)21-7-8-22(24-19-21)27-17-11-23(12-18-27)9-15-26(16-10-23)20-5-4-6-20/h7-8,19-20H,1-6,9-18H2. The fraction of sp³-hybridized carbons (Fsp3) is 0.783. The van der Waals surface area contributed by atoms with Crippen LogP contribution in [0.2, 0.25) is 0 Å². The molecule has 3 aliphatic heterocycles. The summed E-state index contributed by atoms with van der Waals surface area (Å²) in [6, 6.07) is 5.50. The third kappa shape index (κ3) is 3.70. The summed E-state index contributed by atoms with van der Waals surface area (Å²) in [5.41, 5.74) is 1.94. The average Bonchev–Trinajstić information content (AvgIpc) is 2.70. The Morgan fingerprint density at radius 1 is 0.741 bits per heavy atom. The van der Waals surface area contributed by atoms with Crippen LogP contribution in [0.1, 0.15) is 64.2 Å². The molecule has 1 aliphatic carbocycles. The fourth-order valence-electron chi connectivity index (χ4n) is 5.73. The summed E-state index contributed by atoms with van der Waals surface area (Å²) >= 11 is 0. The van der Waals surface area contributed by atoms with Gasteiger partial charge in [-0.1, -0.05) is 6.42 Å². The second-order valence-corrected chi connectivity index (χ2v) is 9.53. The maximum Gasteiger partial charge on any atom is 0.128 e. The molecule has 27 heavy (non-hydrogen) atoms. The van der Waals surface area contributed by atoms with Crippen molar-refractivity contribution in [3.63, 3.8) is 0 Å². The van der Waals surface area contributed by atoms with Crippen LogP contribution in [0.4, 0.5) is 11.5 Å². The zero-order chi connectivity index (χ0) is 18.1. The van der Waals surface area contributed by atoms with Gasteiger partial charge in [-0.3, -0.25) is 0 Å². The van der Waals surface area contributed by atoms with Crippen LogP contribution in [0.3, 0.4) is 0 Å². The van der Waals surface area contributed by atoms with Gasteiger partial charge in [0.15, 0.2) is 0 Å². The maximum atomic E-state index is 4.84. The van der Waals surface area contributed by atoms with E-state index < -0.39 is 0 Å². The lowest BCUT2D eigenvalue weighted by atomic mass is 9.70. The van der Waals surface area contributed by atoms with Crippen molar-refractivity contribution in [1.29, 1.82) is 0 Å². The molecule has 0 aromatic carbocycles. The van der Waals surface area contributed by atoms with Crippen molar-refractivity contribution < 1.29 is 0 Å². The van der Waals surface area contributed by atoms with Gasteiger partial charge in [-0.25, -0.2) is 4.98 Å². The van der Waals surface area contributed by atoms with Crippen LogP contribution in [0.5, 0.6) is 0 Å². The van der Waals surface area contributed by atoms with Crippen LogP contribution in [-0.4, -0.2) is 55.2 Å². The van der Waals surface area contributed by atoms with E-state index >= 15 is 0 Å². The minimum absolute atomic E-state index is 0.629. The first-order valence-electron chi connectivity index (χ1n) is 11.5. The van der Waals surface area contributed by atoms with E-state index in [4.69, 9.17) is 4.98 Å². The number of nitrogens with zero attached hydrogens (tertiary/aromatic N) is 4. The highest BCUT2D eigenvalue weighted by atomic mass is 15.2. The van der Waals surface area contributed by atoms with E-state index in [0.29, 0.717) is 5.41 Å². The first-order chi connectivity index (χ1) is 13.3. The van der Waals surface area contributed by atoms with Crippen molar-refractivity contribution in [3.8, 4) is 0 Å². The van der Waals surface area contributed by atoms with Crippen molar-refractivity contribution in [2.45, 2.75) is 70.3 Å². The number of aromatic nitrogens is 1. The largest absolute Gasteiger partial charge is 0.370 e. The van der Waals surface area contributed by atoms with E-state index in [0.717, 1.165) is 6.04 Å². The Balaban J connectivity index is 1.15. The molecule has 1 aromatic rings. The molecule has 148 valence electrons. The highest BCUT2D eigenvalue weighted by molar-refractivity contribution is 5.51. The number of anilines is 2. The molecular formula is C23H36N4. The minimum Gasteiger partial charge on any atom is -0.370 e. The van der Waals surface area contributed by atoms with Crippen molar-refractivity contribution in [2.24, 2.45) is 5.41 Å². The molecule has 4 heterocycles. The molecule has 0 radical (unpaired) electrons. The predicted octanol–water partition coefficient (Wildman–Crippen LogP) is 4.31. The molecule has 1 spiro atoms. The summed E-state index contributed by atoms with van der Waals surface area (Å²) in [6.45, 7) is 7.50. The minimum atomic E-state index is 0.629. The SMILES string of the molecule is c1cc(N2CCC3(CC2)CCN(C2CCC2)CC3)ncc1N1CCCCC1. The molecular weight excluding hydrogens is 332 g/mol. The Labute approximate surface area is 164 Å². The smallest absolute Gasteiger partial charge is 0.128 e. The van der Waals surface area contributed by atoms with Gasteiger partial charge < -0.3 is 14.7 Å². The van der Waals surface area contributed by atoms with Gasteiger partial charge in [0.05, 0.1) is 11.9 Å². The lowest BCUT2D eigenvalue weighted by molar-refractivity contribution is 0.0305. The molecule has 4 heteroatoms. The van der Waals surface area contributed by atoms with Gasteiger partial charge in [0.2, 0.25) is 0 Å². The van der Waals surface area contributed by atoms with Crippen LogP contribution < -0.4 is 9.80 Å². The Morgan fingerprint density at radius 2 is 1.44 bits per heavy atom. The molecule has 5 rings (SSSR count). The van der Waals surface area contributed by atoms with Crippen LogP contribution in [0.25, 0.3) is 0 Å². The van der Waals surface area contributed by atoms with E-state index in [9.17, 15) is 0 Å². The molecule has 1 aromatic heterocycles. The predicted molar refractivity (Wildman–Crippen MR) is 113 cm³/mol. The topological polar surface area (TPSA) is 22.6 Å². The first kappa shape index (κ1) is 17.8. The first-order valence-corrected chi connectivity index (χ1v) is 11.5. The molecule has 0 unspecified atom stereocenters. The Kier molecular flexibility index (Phi) is 5.02. The van der Waals surface area contributed by atoms with Crippen LogP contribution in [-0.2, 0) is 0 Å². The normalized spacial score (nSPS) is 27.0. The van der Waals surface area contributed by atoms with Gasteiger partial charge in [0.25, 0.3) is 0 Å². The van der Waals surface area contributed by atoms with E-state index in [-0.39, 0.29) is 0 Å². The van der Waals surface area contributed by atoms with E-state index in [2.05, 4.69) is 33.0 Å². The highest BCUT2D eigenvalue weighted by Gasteiger charge is 2.39. The van der Waals surface area contributed by atoms with Crippen molar-refractivity contribution in [3.05, 3.63) is 18.3 Å². The Bertz CT molecular complexity index is 600. The lowest BCUT2D eigenvalue weighted by Crippen LogP contribution is -2.51. The summed E-state index contributed by atoms with van der Waals surface area (Å²) in [5.74, 6) is 1.19. The molecule has 3 saturated heterocycles. The van der Waals surface area contributed by atoms with E-state index in [1.807, 2.05) is 0 Å². The Morgan fingerprint density at radius 3 is 2.04 bits per heavy atom. The summed E-state index contributed by atoms with van der Waals surface area (Å²) < 4.78 is 0. The van der Waals surface area contributed by atoms with Gasteiger partial charge in [0, 0.05) is 32.2 Å². The molecule has 0 bridgehead atoms. The highest BCUT2D eigenvalue weighted by Crippen LogP contribution is 2.43. The number of pyridine rings is 1. The number of hydrogen-bond donors (Lipinski definition) is 0. The van der Waals surface area contributed by atoms with Crippen LogP contribution in [0.15, 0.2) is 18.3 Å². The maximum absolute atomic E-state index is 4.84. The molecule has 4 aliphatic rings. The third-order valence-corrected chi connectivity index (χ3v) is 8.05. The van der Waals surface area contributed by atoms with Crippen molar-refractivity contribution in [1.82, 2.24) is 9.88 Å². The monoisotopic (exact) mass is 368 g/mol.